The number of anilines is 1. The lowest BCUT2D eigenvalue weighted by Crippen LogP contribution is -2.29. The van der Waals surface area contributed by atoms with Crippen LogP contribution in [0.15, 0.2) is 78.4 Å². The van der Waals surface area contributed by atoms with E-state index in [1.165, 1.54) is 29.2 Å². The molecule has 34 heavy (non-hydrogen) atoms. The number of benzene rings is 3. The van der Waals surface area contributed by atoms with Gasteiger partial charge in [0.2, 0.25) is 0 Å². The molecule has 1 unspecified atom stereocenters. The van der Waals surface area contributed by atoms with Crippen molar-refractivity contribution in [1.29, 1.82) is 0 Å². The summed E-state index contributed by atoms with van der Waals surface area (Å²) in [5, 5.41) is 11.1. The van der Waals surface area contributed by atoms with Crippen LogP contribution in [0.2, 0.25) is 0 Å². The Morgan fingerprint density at radius 3 is 2.32 bits per heavy atom. The maximum Gasteiger partial charge on any atom is 0.300 e. The fourth-order valence-corrected chi connectivity index (χ4v) is 4.13. The molecule has 0 spiro atoms. The first-order valence-corrected chi connectivity index (χ1v) is 11.2. The molecule has 4 rings (SSSR count). The molecule has 1 heterocycles. The summed E-state index contributed by atoms with van der Waals surface area (Å²) in [6, 6.07) is 18.9. The quantitative estimate of drug-likeness (QED) is 0.280. The van der Waals surface area contributed by atoms with E-state index in [-0.39, 0.29) is 16.9 Å². The summed E-state index contributed by atoms with van der Waals surface area (Å²) in [5.41, 5.74) is 2.47. The molecule has 1 atom stereocenters. The van der Waals surface area contributed by atoms with Crippen molar-refractivity contribution in [1.82, 2.24) is 0 Å². The number of aliphatic hydroxyl groups excluding tert-OH is 1. The van der Waals surface area contributed by atoms with E-state index in [2.05, 4.69) is 13.8 Å². The number of ketones is 1. The van der Waals surface area contributed by atoms with E-state index in [9.17, 15) is 19.1 Å². The van der Waals surface area contributed by atoms with Crippen LogP contribution in [-0.2, 0) is 9.59 Å². The average Bonchev–Trinajstić information content (AvgIpc) is 3.10. The maximum atomic E-state index is 13.5. The third-order valence-electron chi connectivity index (χ3n) is 5.89. The lowest BCUT2D eigenvalue weighted by atomic mass is 9.93. The molecule has 1 N–H and O–H groups in total. The number of hydrogen-bond acceptors (Lipinski definition) is 4. The van der Waals surface area contributed by atoms with Gasteiger partial charge in [0.15, 0.2) is 0 Å². The Morgan fingerprint density at radius 2 is 1.71 bits per heavy atom. The number of carbonyl (C=O) groups is 2. The first kappa shape index (κ1) is 23.2. The molecule has 6 heteroatoms. The van der Waals surface area contributed by atoms with Crippen molar-refractivity contribution >= 4 is 23.1 Å². The van der Waals surface area contributed by atoms with Gasteiger partial charge in [0.1, 0.15) is 17.3 Å². The number of amides is 1. The van der Waals surface area contributed by atoms with E-state index in [1.54, 1.807) is 24.3 Å². The Kier molecular flexibility index (Phi) is 6.50. The number of ether oxygens (including phenoxy) is 1. The molecule has 3 aromatic carbocycles. The minimum absolute atomic E-state index is 0.0456. The second kappa shape index (κ2) is 9.51. The Bertz CT molecular complexity index is 1250. The van der Waals surface area contributed by atoms with Gasteiger partial charge in [-0.1, -0.05) is 44.2 Å². The Balaban J connectivity index is 1.91. The summed E-state index contributed by atoms with van der Waals surface area (Å²) in [6.07, 6.45) is 0. The zero-order chi connectivity index (χ0) is 24.4. The van der Waals surface area contributed by atoms with Crippen LogP contribution >= 0.6 is 0 Å². The van der Waals surface area contributed by atoms with E-state index in [0.29, 0.717) is 29.5 Å². The molecule has 5 nitrogen and oxygen atoms in total. The first-order valence-electron chi connectivity index (χ1n) is 11.2. The summed E-state index contributed by atoms with van der Waals surface area (Å²) in [5.74, 6) is -1.50. The summed E-state index contributed by atoms with van der Waals surface area (Å²) in [7, 11) is 0. The molecule has 1 fully saturated rings. The van der Waals surface area contributed by atoms with Crippen LogP contribution in [0.3, 0.4) is 0 Å². The van der Waals surface area contributed by atoms with Gasteiger partial charge in [-0.05, 0) is 60.4 Å². The van der Waals surface area contributed by atoms with Crippen LogP contribution < -0.4 is 9.64 Å². The molecule has 1 saturated heterocycles. The van der Waals surface area contributed by atoms with Crippen LogP contribution in [0.25, 0.3) is 5.76 Å². The SMILES string of the molecule is CCOc1cccc(N2C(=O)C(=O)/C(=C(/O)c3ccc(F)cc3)C2c2ccc(C(C)C)cc2)c1. The first-order chi connectivity index (χ1) is 16.3. The van der Waals surface area contributed by atoms with E-state index in [4.69, 9.17) is 4.74 Å². The Hall–Kier alpha value is -3.93. The number of hydrogen-bond donors (Lipinski definition) is 1. The van der Waals surface area contributed by atoms with Crippen LogP contribution in [0.4, 0.5) is 10.1 Å². The van der Waals surface area contributed by atoms with Gasteiger partial charge in [0.25, 0.3) is 11.7 Å². The van der Waals surface area contributed by atoms with Crippen LogP contribution in [0.5, 0.6) is 5.75 Å². The lowest BCUT2D eigenvalue weighted by Gasteiger charge is -2.26. The zero-order valence-electron chi connectivity index (χ0n) is 19.3. The Labute approximate surface area is 198 Å². The van der Waals surface area contributed by atoms with Gasteiger partial charge in [-0.3, -0.25) is 14.5 Å². The molecule has 1 amide bonds. The van der Waals surface area contributed by atoms with Gasteiger partial charge in [0, 0.05) is 17.3 Å². The average molecular weight is 460 g/mol. The van der Waals surface area contributed by atoms with E-state index in [0.717, 1.165) is 5.56 Å². The highest BCUT2D eigenvalue weighted by Gasteiger charge is 2.47. The van der Waals surface area contributed by atoms with Crippen molar-refractivity contribution in [2.75, 3.05) is 11.5 Å². The van der Waals surface area contributed by atoms with E-state index < -0.39 is 23.5 Å². The fourth-order valence-electron chi connectivity index (χ4n) is 4.13. The molecular weight excluding hydrogens is 433 g/mol. The zero-order valence-corrected chi connectivity index (χ0v) is 19.3. The highest BCUT2D eigenvalue weighted by atomic mass is 19.1. The topological polar surface area (TPSA) is 66.8 Å². The van der Waals surface area contributed by atoms with E-state index >= 15 is 0 Å². The maximum absolute atomic E-state index is 13.5. The molecular formula is C28H26FNO4. The second-order valence-electron chi connectivity index (χ2n) is 8.43. The summed E-state index contributed by atoms with van der Waals surface area (Å²) in [6.45, 7) is 6.47. The van der Waals surface area contributed by atoms with Crippen LogP contribution in [-0.4, -0.2) is 23.4 Å². The molecule has 0 aromatic heterocycles. The second-order valence-corrected chi connectivity index (χ2v) is 8.43. The van der Waals surface area contributed by atoms with Gasteiger partial charge in [-0.25, -0.2) is 4.39 Å². The van der Waals surface area contributed by atoms with Crippen molar-refractivity contribution in [3.63, 3.8) is 0 Å². The molecule has 174 valence electrons. The van der Waals surface area contributed by atoms with Gasteiger partial charge in [-0.15, -0.1) is 0 Å². The predicted octanol–water partition coefficient (Wildman–Crippen LogP) is 5.97. The highest BCUT2D eigenvalue weighted by molar-refractivity contribution is 6.51. The summed E-state index contributed by atoms with van der Waals surface area (Å²) >= 11 is 0. The highest BCUT2D eigenvalue weighted by Crippen LogP contribution is 2.43. The molecule has 0 radical (unpaired) electrons. The summed E-state index contributed by atoms with van der Waals surface area (Å²) in [4.78, 5) is 27.9. The van der Waals surface area contributed by atoms with Crippen molar-refractivity contribution in [2.24, 2.45) is 0 Å². The van der Waals surface area contributed by atoms with Crippen LogP contribution in [0.1, 0.15) is 49.4 Å². The van der Waals surface area contributed by atoms with E-state index in [1.807, 2.05) is 31.2 Å². The predicted molar refractivity (Wildman–Crippen MR) is 129 cm³/mol. The molecule has 0 aliphatic carbocycles. The minimum Gasteiger partial charge on any atom is -0.507 e. The standard InChI is InChI=1S/C28H26FNO4/c1-4-34-23-7-5-6-22(16-23)30-25(19-10-8-18(9-11-19)17(2)3)24(27(32)28(30)33)26(31)20-12-14-21(29)15-13-20/h5-17,25,31H,4H2,1-3H3/b26-24+. The number of halogens is 1. The third kappa shape index (κ3) is 4.31. The summed E-state index contributed by atoms with van der Waals surface area (Å²) < 4.78 is 19.0. The van der Waals surface area contributed by atoms with Crippen molar-refractivity contribution < 1.29 is 23.8 Å². The number of nitrogens with zero attached hydrogens (tertiary/aromatic N) is 1. The molecule has 3 aromatic rings. The van der Waals surface area contributed by atoms with Gasteiger partial charge in [0.05, 0.1) is 18.2 Å². The number of Topliss-reactive ketones (excluding diaryl/α,β-unsaturated/α-hetero) is 1. The Morgan fingerprint density at radius 1 is 1.03 bits per heavy atom. The number of rotatable bonds is 6. The van der Waals surface area contributed by atoms with Gasteiger partial charge in [-0.2, -0.15) is 0 Å². The number of carbonyl (C=O) groups excluding carboxylic acids is 2. The third-order valence-corrected chi connectivity index (χ3v) is 5.89. The normalized spacial score (nSPS) is 17.4. The smallest absolute Gasteiger partial charge is 0.300 e. The van der Waals surface area contributed by atoms with Crippen molar-refractivity contribution in [3.05, 3.63) is 101 Å². The lowest BCUT2D eigenvalue weighted by molar-refractivity contribution is -0.132. The number of aliphatic hydroxyl groups is 1. The fraction of sp³-hybridized carbons (Fsp3) is 0.214. The van der Waals surface area contributed by atoms with Crippen molar-refractivity contribution in [3.8, 4) is 5.75 Å². The molecule has 0 bridgehead atoms. The minimum atomic E-state index is -0.858. The monoisotopic (exact) mass is 459 g/mol. The van der Waals surface area contributed by atoms with Crippen molar-refractivity contribution in [2.45, 2.75) is 32.7 Å². The van der Waals surface area contributed by atoms with Gasteiger partial charge >= 0.3 is 0 Å². The van der Waals surface area contributed by atoms with Crippen LogP contribution in [0, 0.1) is 5.82 Å². The molecule has 0 saturated carbocycles. The molecule has 1 aliphatic rings. The van der Waals surface area contributed by atoms with Gasteiger partial charge < -0.3 is 9.84 Å². The largest absolute Gasteiger partial charge is 0.507 e. The molecule has 1 aliphatic heterocycles.